The van der Waals surface area contributed by atoms with E-state index in [0.717, 1.165) is 154 Å². The summed E-state index contributed by atoms with van der Waals surface area (Å²) in [5.74, 6) is -2.24. The first-order chi connectivity index (χ1) is 45.7. The fraction of sp³-hybridized carbons (Fsp3) is 0.733. The number of ether oxygens (including phenoxy) is 4. The standard InChI is InChI=1S/C75H130O17P2/c1-5-9-13-17-21-25-29-32-34-37-40-43-47-51-55-59-72(77)85-65-70(91-74(79)61-57-53-49-45-39-28-24-20-16-12-8-4)67-89-93(81,82)87-63-69(76)64-88-94(83,84)90-68-71(92-75(80)62-58-54-50-46-42-36-31-27-23-19-15-11-7-3)66-86-73(78)60-56-52-48-44-41-38-35-33-30-26-22-18-14-10-6-2/h9-10,13-14,20-22,24-26,32-35,40,43,69-71,76H,5-8,11-12,15-19,23,27-31,36-39,41-42,44-68H2,1-4H3,(H,81,82)(H,83,84)/b13-9-,14-10-,24-20-,25-21-,26-22-,34-32-,35-33-,43-40-. The molecule has 94 heavy (non-hydrogen) atoms. The average Bonchev–Trinajstić information content (AvgIpc) is 1.35. The fourth-order valence-electron chi connectivity index (χ4n) is 9.50. The van der Waals surface area contributed by atoms with E-state index in [9.17, 15) is 43.2 Å². The van der Waals surface area contributed by atoms with E-state index in [2.05, 4.69) is 125 Å². The van der Waals surface area contributed by atoms with Crippen LogP contribution < -0.4 is 0 Å². The van der Waals surface area contributed by atoms with E-state index in [-0.39, 0.29) is 25.7 Å². The highest BCUT2D eigenvalue weighted by Crippen LogP contribution is 2.45. The number of aliphatic hydroxyl groups is 1. The maximum absolute atomic E-state index is 13.0. The Morgan fingerprint density at radius 1 is 0.309 bits per heavy atom. The molecular weight excluding hydrogens is 1230 g/mol. The highest BCUT2D eigenvalue weighted by molar-refractivity contribution is 7.47. The SMILES string of the molecule is CC/C=C\C/C=C\C/C=C\C/C=C\CCCCC(=O)OCC(COP(=O)(O)OCC(O)COP(=O)(O)OCC(COC(=O)CCCCCCC/C=C\C/C=C\C/C=C\CC)OC(=O)CCCCCCCCCCCCCCC)OC(=O)CCCCCCC/C=C\CCCC. The minimum atomic E-state index is -4.98. The number of aliphatic hydroxyl groups excluding tert-OH is 1. The van der Waals surface area contributed by atoms with Gasteiger partial charge in [0.2, 0.25) is 0 Å². The minimum absolute atomic E-state index is 0.0751. The maximum atomic E-state index is 13.0. The number of unbranched alkanes of at least 4 members (excludes halogenated alkanes) is 26. The first kappa shape index (κ1) is 90.0. The Morgan fingerprint density at radius 2 is 0.564 bits per heavy atom. The van der Waals surface area contributed by atoms with Crippen LogP contribution in [0.15, 0.2) is 97.2 Å². The smallest absolute Gasteiger partial charge is 0.462 e. The Labute approximate surface area is 569 Å². The van der Waals surface area contributed by atoms with E-state index in [0.29, 0.717) is 25.7 Å². The molecule has 0 saturated heterocycles. The van der Waals surface area contributed by atoms with Gasteiger partial charge in [-0.25, -0.2) is 9.13 Å². The summed E-state index contributed by atoms with van der Waals surface area (Å²) in [6.45, 7) is 4.53. The van der Waals surface area contributed by atoms with Gasteiger partial charge in [-0.15, -0.1) is 0 Å². The van der Waals surface area contributed by atoms with Crippen molar-refractivity contribution in [2.45, 2.75) is 316 Å². The molecular formula is C75H130O17P2. The number of allylic oxidation sites excluding steroid dienone is 16. The van der Waals surface area contributed by atoms with Gasteiger partial charge < -0.3 is 33.8 Å². The summed E-state index contributed by atoms with van der Waals surface area (Å²) in [5, 5.41) is 10.6. The Hall–Kier alpha value is -4.02. The largest absolute Gasteiger partial charge is 0.472 e. The molecule has 5 unspecified atom stereocenters. The number of hydrogen-bond donors (Lipinski definition) is 3. The van der Waals surface area contributed by atoms with Crippen LogP contribution in [0.25, 0.3) is 0 Å². The van der Waals surface area contributed by atoms with Crippen molar-refractivity contribution in [3.63, 3.8) is 0 Å². The molecule has 0 aromatic heterocycles. The van der Waals surface area contributed by atoms with Gasteiger partial charge >= 0.3 is 39.5 Å². The normalized spacial score (nSPS) is 14.6. The first-order valence-electron chi connectivity index (χ1n) is 36.5. The molecule has 5 atom stereocenters. The maximum Gasteiger partial charge on any atom is 0.472 e. The van der Waals surface area contributed by atoms with Crippen LogP contribution in [0, 0.1) is 0 Å². The molecule has 17 nitrogen and oxygen atoms in total. The van der Waals surface area contributed by atoms with Crippen molar-refractivity contribution in [2.24, 2.45) is 0 Å². The molecule has 0 aliphatic carbocycles. The molecule has 0 aliphatic rings. The molecule has 0 saturated carbocycles. The van der Waals surface area contributed by atoms with Gasteiger partial charge in [-0.2, -0.15) is 0 Å². The summed E-state index contributed by atoms with van der Waals surface area (Å²) < 4.78 is 68.3. The summed E-state index contributed by atoms with van der Waals surface area (Å²) in [6.07, 6.45) is 68.5. The Kier molecular flexibility index (Phi) is 64.7. The van der Waals surface area contributed by atoms with Gasteiger partial charge in [0.05, 0.1) is 26.4 Å². The average molecular weight is 1370 g/mol. The van der Waals surface area contributed by atoms with Crippen molar-refractivity contribution in [2.75, 3.05) is 39.6 Å². The van der Waals surface area contributed by atoms with E-state index < -0.39 is 97.5 Å². The van der Waals surface area contributed by atoms with Crippen molar-refractivity contribution in [1.29, 1.82) is 0 Å². The Bertz CT molecular complexity index is 2170. The van der Waals surface area contributed by atoms with Crippen molar-refractivity contribution < 1.29 is 80.2 Å². The number of carbonyl (C=O) groups is 4. The van der Waals surface area contributed by atoms with Crippen LogP contribution in [0.4, 0.5) is 0 Å². The molecule has 0 rings (SSSR count). The number of carbonyl (C=O) groups excluding carboxylic acids is 4. The van der Waals surface area contributed by atoms with Gasteiger partial charge in [0, 0.05) is 25.7 Å². The van der Waals surface area contributed by atoms with Crippen LogP contribution in [0.5, 0.6) is 0 Å². The van der Waals surface area contributed by atoms with Gasteiger partial charge in [0.15, 0.2) is 12.2 Å². The third kappa shape index (κ3) is 66.6. The van der Waals surface area contributed by atoms with Crippen molar-refractivity contribution in [3.05, 3.63) is 97.2 Å². The highest BCUT2D eigenvalue weighted by atomic mass is 31.2. The van der Waals surface area contributed by atoms with Crippen LogP contribution in [0.1, 0.15) is 297 Å². The molecule has 542 valence electrons. The van der Waals surface area contributed by atoms with Crippen LogP contribution in [0.2, 0.25) is 0 Å². The lowest BCUT2D eigenvalue weighted by atomic mass is 10.0. The topological polar surface area (TPSA) is 237 Å². The molecule has 0 aromatic rings. The second-order valence-corrected chi connectivity index (χ2v) is 27.0. The zero-order valence-corrected chi connectivity index (χ0v) is 60.7. The molecule has 0 fully saturated rings. The Morgan fingerprint density at radius 3 is 0.915 bits per heavy atom. The minimum Gasteiger partial charge on any atom is -0.462 e. The number of phosphoric ester groups is 2. The van der Waals surface area contributed by atoms with Gasteiger partial charge in [0.25, 0.3) is 0 Å². The van der Waals surface area contributed by atoms with Gasteiger partial charge in [-0.05, 0) is 116 Å². The van der Waals surface area contributed by atoms with E-state index in [1.807, 2.05) is 0 Å². The molecule has 0 aromatic carbocycles. The number of hydrogen-bond acceptors (Lipinski definition) is 15. The second-order valence-electron chi connectivity index (χ2n) is 24.1. The third-order valence-electron chi connectivity index (χ3n) is 15.0. The lowest BCUT2D eigenvalue weighted by Crippen LogP contribution is -2.30. The quantitative estimate of drug-likeness (QED) is 0.0169. The van der Waals surface area contributed by atoms with Crippen LogP contribution >= 0.6 is 15.6 Å². The van der Waals surface area contributed by atoms with Gasteiger partial charge in [0.1, 0.15) is 19.3 Å². The zero-order chi connectivity index (χ0) is 69.0. The summed E-state index contributed by atoms with van der Waals surface area (Å²) in [7, 11) is -9.95. The molecule has 0 aliphatic heterocycles. The highest BCUT2D eigenvalue weighted by Gasteiger charge is 2.30. The van der Waals surface area contributed by atoms with Crippen molar-refractivity contribution in [1.82, 2.24) is 0 Å². The molecule has 0 amide bonds. The zero-order valence-electron chi connectivity index (χ0n) is 58.9. The van der Waals surface area contributed by atoms with Gasteiger partial charge in [-0.1, -0.05) is 253 Å². The molecule has 19 heteroatoms. The fourth-order valence-corrected chi connectivity index (χ4v) is 11.1. The lowest BCUT2D eigenvalue weighted by molar-refractivity contribution is -0.161. The number of rotatable bonds is 68. The van der Waals surface area contributed by atoms with Gasteiger partial charge in [-0.3, -0.25) is 37.3 Å². The van der Waals surface area contributed by atoms with E-state index >= 15 is 0 Å². The van der Waals surface area contributed by atoms with E-state index in [1.165, 1.54) is 64.2 Å². The van der Waals surface area contributed by atoms with Crippen LogP contribution in [0.3, 0.4) is 0 Å². The molecule has 3 N–H and O–H groups in total. The lowest BCUT2D eigenvalue weighted by Gasteiger charge is -2.21. The van der Waals surface area contributed by atoms with Crippen LogP contribution in [-0.4, -0.2) is 96.7 Å². The summed E-state index contributed by atoms with van der Waals surface area (Å²) >= 11 is 0. The first-order valence-corrected chi connectivity index (χ1v) is 39.5. The predicted molar refractivity (Wildman–Crippen MR) is 381 cm³/mol. The van der Waals surface area contributed by atoms with Crippen molar-refractivity contribution in [3.8, 4) is 0 Å². The molecule has 0 bridgehead atoms. The molecule has 0 radical (unpaired) electrons. The Balaban J connectivity index is 5.35. The van der Waals surface area contributed by atoms with E-state index in [4.69, 9.17) is 37.0 Å². The summed E-state index contributed by atoms with van der Waals surface area (Å²) in [5.41, 5.74) is 0. The summed E-state index contributed by atoms with van der Waals surface area (Å²) in [6, 6.07) is 0. The van der Waals surface area contributed by atoms with Crippen molar-refractivity contribution >= 4 is 39.5 Å². The monoisotopic (exact) mass is 1360 g/mol. The van der Waals surface area contributed by atoms with Crippen LogP contribution in [-0.2, 0) is 65.4 Å². The number of esters is 4. The van der Waals surface area contributed by atoms with E-state index in [1.54, 1.807) is 0 Å². The summed E-state index contributed by atoms with van der Waals surface area (Å²) in [4.78, 5) is 72.6. The predicted octanol–water partition coefficient (Wildman–Crippen LogP) is 20.4. The molecule has 0 heterocycles. The third-order valence-corrected chi connectivity index (χ3v) is 16.9. The number of phosphoric acid groups is 2. The molecule has 0 spiro atoms. The second kappa shape index (κ2) is 67.5.